The summed E-state index contributed by atoms with van der Waals surface area (Å²) in [5, 5.41) is 7.28. The van der Waals surface area contributed by atoms with Crippen molar-refractivity contribution in [3.05, 3.63) is 34.9 Å². The molecule has 2 nitrogen and oxygen atoms in total. The Labute approximate surface area is 72.9 Å². The Hall–Kier alpha value is -1.31. The lowest BCUT2D eigenvalue weighted by Crippen LogP contribution is -2.12. The molecule has 0 bridgehead atoms. The van der Waals surface area contributed by atoms with Crippen LogP contribution in [0.5, 0.6) is 0 Å². The number of rotatable bonds is 2. The number of hydrogen-bond acceptors (Lipinski definition) is 1. The zero-order chi connectivity index (χ0) is 9.14. The molecule has 0 radical (unpaired) electrons. The molecule has 0 aliphatic heterocycles. The van der Waals surface area contributed by atoms with Crippen molar-refractivity contribution in [2.24, 2.45) is 5.73 Å². The average Bonchev–Trinajstić information content (AvgIpc) is 2.03. The van der Waals surface area contributed by atoms with E-state index in [0.29, 0.717) is 0 Å². The average molecular weight is 162 g/mol. The molecule has 0 unspecified atom stereocenters. The second kappa shape index (κ2) is 3.39. The van der Waals surface area contributed by atoms with Crippen molar-refractivity contribution in [3.8, 4) is 0 Å². The van der Waals surface area contributed by atoms with Crippen molar-refractivity contribution < 1.29 is 0 Å². The summed E-state index contributed by atoms with van der Waals surface area (Å²) in [7, 11) is 0. The Morgan fingerprint density at radius 3 is 2.58 bits per heavy atom. The van der Waals surface area contributed by atoms with Gasteiger partial charge < -0.3 is 5.73 Å². The number of nitrogens with two attached hydrogens (primary N) is 1. The van der Waals surface area contributed by atoms with Crippen LogP contribution in [-0.4, -0.2) is 5.84 Å². The lowest BCUT2D eigenvalue weighted by atomic mass is 10.0. The van der Waals surface area contributed by atoms with Crippen LogP contribution in [0.4, 0.5) is 0 Å². The predicted octanol–water partition coefficient (Wildman–Crippen LogP) is 1.84. The highest BCUT2D eigenvalue weighted by atomic mass is 14.7. The van der Waals surface area contributed by atoms with Crippen LogP contribution >= 0.6 is 0 Å². The van der Waals surface area contributed by atoms with Crippen LogP contribution in [0.15, 0.2) is 18.2 Å². The number of aryl methyl sites for hydroxylation is 2. The van der Waals surface area contributed by atoms with E-state index in [-0.39, 0.29) is 5.84 Å². The largest absolute Gasteiger partial charge is 0.384 e. The Kier molecular flexibility index (Phi) is 2.48. The third-order valence-corrected chi connectivity index (χ3v) is 1.99. The molecule has 64 valence electrons. The smallest absolute Gasteiger partial charge is 0.123 e. The Bertz CT molecular complexity index is 303. The monoisotopic (exact) mass is 162 g/mol. The van der Waals surface area contributed by atoms with Gasteiger partial charge in [0.15, 0.2) is 0 Å². The van der Waals surface area contributed by atoms with E-state index in [9.17, 15) is 0 Å². The molecule has 0 fully saturated rings. The van der Waals surface area contributed by atoms with Gasteiger partial charge >= 0.3 is 0 Å². The normalized spacial score (nSPS) is 9.83. The molecule has 1 aromatic carbocycles. The van der Waals surface area contributed by atoms with E-state index >= 15 is 0 Å². The SMILES string of the molecule is CCc1ccc(C(=N)N)c(C)c1. The van der Waals surface area contributed by atoms with Gasteiger partial charge in [0.1, 0.15) is 5.84 Å². The van der Waals surface area contributed by atoms with Crippen molar-refractivity contribution in [1.82, 2.24) is 0 Å². The highest BCUT2D eigenvalue weighted by Crippen LogP contribution is 2.10. The number of nitrogens with one attached hydrogen (secondary N) is 1. The van der Waals surface area contributed by atoms with E-state index < -0.39 is 0 Å². The van der Waals surface area contributed by atoms with E-state index in [1.807, 2.05) is 19.1 Å². The summed E-state index contributed by atoms with van der Waals surface area (Å²) in [6.45, 7) is 4.10. The van der Waals surface area contributed by atoms with Gasteiger partial charge in [-0.15, -0.1) is 0 Å². The molecule has 0 atom stereocenters. The maximum absolute atomic E-state index is 7.28. The molecule has 0 heterocycles. The van der Waals surface area contributed by atoms with Crippen LogP contribution in [0.1, 0.15) is 23.6 Å². The molecule has 0 saturated carbocycles. The van der Waals surface area contributed by atoms with Crippen LogP contribution in [0, 0.1) is 12.3 Å². The fraction of sp³-hybridized carbons (Fsp3) is 0.300. The molecule has 0 aromatic heterocycles. The number of amidine groups is 1. The summed E-state index contributed by atoms with van der Waals surface area (Å²) < 4.78 is 0. The van der Waals surface area contributed by atoms with Gasteiger partial charge in [-0.2, -0.15) is 0 Å². The first-order valence-electron chi connectivity index (χ1n) is 4.09. The van der Waals surface area contributed by atoms with Gasteiger partial charge in [0.05, 0.1) is 0 Å². The molecule has 0 saturated heterocycles. The van der Waals surface area contributed by atoms with Crippen molar-refractivity contribution in [1.29, 1.82) is 5.41 Å². The van der Waals surface area contributed by atoms with Crippen molar-refractivity contribution in [3.63, 3.8) is 0 Å². The van der Waals surface area contributed by atoms with Gasteiger partial charge in [-0.25, -0.2) is 0 Å². The number of hydrogen-bond donors (Lipinski definition) is 2. The molecule has 0 spiro atoms. The van der Waals surface area contributed by atoms with Crippen LogP contribution in [0.2, 0.25) is 0 Å². The number of nitrogen functional groups attached to an aromatic ring is 1. The minimum atomic E-state index is 0.148. The lowest BCUT2D eigenvalue weighted by Gasteiger charge is -2.04. The second-order valence-corrected chi connectivity index (χ2v) is 2.92. The van der Waals surface area contributed by atoms with Gasteiger partial charge in [0, 0.05) is 5.56 Å². The zero-order valence-corrected chi connectivity index (χ0v) is 7.52. The molecule has 3 N–H and O–H groups in total. The first kappa shape index (κ1) is 8.78. The lowest BCUT2D eigenvalue weighted by molar-refractivity contribution is 1.13. The van der Waals surface area contributed by atoms with E-state index in [0.717, 1.165) is 17.5 Å². The van der Waals surface area contributed by atoms with Gasteiger partial charge in [-0.05, 0) is 24.5 Å². The van der Waals surface area contributed by atoms with Crippen LogP contribution in [-0.2, 0) is 6.42 Å². The maximum Gasteiger partial charge on any atom is 0.123 e. The summed E-state index contributed by atoms with van der Waals surface area (Å²) in [5.74, 6) is 0.148. The van der Waals surface area contributed by atoms with Gasteiger partial charge in [-0.1, -0.05) is 25.1 Å². The quantitative estimate of drug-likeness (QED) is 0.506. The van der Waals surface area contributed by atoms with Crippen LogP contribution < -0.4 is 5.73 Å². The fourth-order valence-corrected chi connectivity index (χ4v) is 1.25. The van der Waals surface area contributed by atoms with Gasteiger partial charge in [-0.3, -0.25) is 5.41 Å². The second-order valence-electron chi connectivity index (χ2n) is 2.92. The van der Waals surface area contributed by atoms with Gasteiger partial charge in [0.2, 0.25) is 0 Å². The minimum Gasteiger partial charge on any atom is -0.384 e. The standard InChI is InChI=1S/C10H14N2/c1-3-8-4-5-9(10(11)12)7(2)6-8/h4-6H,3H2,1-2H3,(H3,11,12). The van der Waals surface area contributed by atoms with Gasteiger partial charge in [0.25, 0.3) is 0 Å². The summed E-state index contributed by atoms with van der Waals surface area (Å²) >= 11 is 0. The molecule has 0 amide bonds. The summed E-state index contributed by atoms with van der Waals surface area (Å²) in [4.78, 5) is 0. The van der Waals surface area contributed by atoms with E-state index in [4.69, 9.17) is 11.1 Å². The molecule has 1 rings (SSSR count). The van der Waals surface area contributed by atoms with E-state index in [1.54, 1.807) is 0 Å². The molecular formula is C10H14N2. The highest BCUT2D eigenvalue weighted by Gasteiger charge is 2.00. The summed E-state index contributed by atoms with van der Waals surface area (Å²) in [6, 6.07) is 6.01. The molecule has 2 heteroatoms. The van der Waals surface area contributed by atoms with E-state index in [2.05, 4.69) is 13.0 Å². The Morgan fingerprint density at radius 1 is 1.50 bits per heavy atom. The zero-order valence-electron chi connectivity index (χ0n) is 7.52. The molecular weight excluding hydrogens is 148 g/mol. The first-order chi connectivity index (χ1) is 5.65. The van der Waals surface area contributed by atoms with Crippen LogP contribution in [0.25, 0.3) is 0 Å². The van der Waals surface area contributed by atoms with Crippen molar-refractivity contribution >= 4 is 5.84 Å². The highest BCUT2D eigenvalue weighted by molar-refractivity contribution is 5.96. The minimum absolute atomic E-state index is 0.148. The Morgan fingerprint density at radius 2 is 2.17 bits per heavy atom. The summed E-state index contributed by atoms with van der Waals surface area (Å²) in [6.07, 6.45) is 1.03. The fourth-order valence-electron chi connectivity index (χ4n) is 1.25. The Balaban J connectivity index is 3.12. The molecule has 0 aliphatic rings. The van der Waals surface area contributed by atoms with Crippen molar-refractivity contribution in [2.75, 3.05) is 0 Å². The molecule has 0 aliphatic carbocycles. The van der Waals surface area contributed by atoms with E-state index in [1.165, 1.54) is 5.56 Å². The molecule has 12 heavy (non-hydrogen) atoms. The molecule has 1 aromatic rings. The third-order valence-electron chi connectivity index (χ3n) is 1.99. The van der Waals surface area contributed by atoms with Crippen LogP contribution in [0.3, 0.4) is 0 Å². The third kappa shape index (κ3) is 1.64. The maximum atomic E-state index is 7.28. The first-order valence-corrected chi connectivity index (χ1v) is 4.09. The summed E-state index contributed by atoms with van der Waals surface area (Å²) in [5.41, 5.74) is 8.60. The predicted molar refractivity (Wildman–Crippen MR) is 51.6 cm³/mol. The topological polar surface area (TPSA) is 49.9 Å². The van der Waals surface area contributed by atoms with Crippen molar-refractivity contribution in [2.45, 2.75) is 20.3 Å². The number of benzene rings is 1.